The lowest BCUT2D eigenvalue weighted by Crippen LogP contribution is -2.40. The molecule has 0 aromatic rings. The van der Waals surface area contributed by atoms with Crippen molar-refractivity contribution in [1.82, 2.24) is 10.6 Å². The molecule has 1 aliphatic rings. The average molecular weight is 312 g/mol. The zero-order chi connectivity index (χ0) is 16.6. The Kier molecular flexibility index (Phi) is 8.23. The lowest BCUT2D eigenvalue weighted by atomic mass is 9.78. The summed E-state index contributed by atoms with van der Waals surface area (Å²) in [6, 6.07) is 0. The number of nitrogens with one attached hydrogen (secondary N) is 2. The number of alkyl carbamates (subject to hydrolysis) is 1. The first-order valence-corrected chi connectivity index (χ1v) is 9.03. The summed E-state index contributed by atoms with van der Waals surface area (Å²) in [4.78, 5) is 11.9. The fraction of sp³-hybridized carbons (Fsp3) is 0.944. The maximum absolute atomic E-state index is 11.9. The number of ether oxygens (including phenoxy) is 1. The topological polar surface area (TPSA) is 50.4 Å². The van der Waals surface area contributed by atoms with Crippen LogP contribution in [0.5, 0.6) is 0 Å². The highest BCUT2D eigenvalue weighted by Crippen LogP contribution is 2.29. The van der Waals surface area contributed by atoms with E-state index in [0.29, 0.717) is 5.92 Å². The summed E-state index contributed by atoms with van der Waals surface area (Å²) >= 11 is 0. The molecular formula is C18H36N2O2. The number of carbonyl (C=O) groups is 1. The predicted octanol–water partition coefficient (Wildman–Crippen LogP) is 3.95. The van der Waals surface area contributed by atoms with E-state index in [-0.39, 0.29) is 6.09 Å². The van der Waals surface area contributed by atoms with Gasteiger partial charge in [0, 0.05) is 6.54 Å². The quantitative estimate of drug-likeness (QED) is 0.748. The number of piperidine rings is 1. The molecule has 0 aromatic heterocycles. The molecule has 0 aliphatic carbocycles. The Labute approximate surface area is 136 Å². The van der Waals surface area contributed by atoms with Crippen LogP contribution in [0.15, 0.2) is 0 Å². The van der Waals surface area contributed by atoms with E-state index in [4.69, 9.17) is 4.74 Å². The Morgan fingerprint density at radius 1 is 1.23 bits per heavy atom. The second kappa shape index (κ2) is 9.39. The van der Waals surface area contributed by atoms with Gasteiger partial charge in [0.1, 0.15) is 5.60 Å². The van der Waals surface area contributed by atoms with E-state index < -0.39 is 5.60 Å². The second-order valence-electron chi connectivity index (χ2n) is 7.65. The van der Waals surface area contributed by atoms with Crippen LogP contribution in [0.2, 0.25) is 0 Å². The van der Waals surface area contributed by atoms with Crippen LogP contribution < -0.4 is 10.6 Å². The largest absolute Gasteiger partial charge is 0.444 e. The molecular weight excluding hydrogens is 276 g/mol. The molecule has 0 radical (unpaired) electrons. The van der Waals surface area contributed by atoms with E-state index in [9.17, 15) is 4.79 Å². The molecule has 1 heterocycles. The van der Waals surface area contributed by atoms with Crippen molar-refractivity contribution in [2.45, 2.75) is 72.3 Å². The third-order valence-electron chi connectivity index (χ3n) is 4.75. The molecule has 0 aromatic carbocycles. The number of hydrogen-bond acceptors (Lipinski definition) is 3. The fourth-order valence-electron chi connectivity index (χ4n) is 3.34. The molecule has 1 atom stereocenters. The maximum atomic E-state index is 11.9. The average Bonchev–Trinajstić information content (AvgIpc) is 2.47. The molecule has 4 nitrogen and oxygen atoms in total. The standard InChI is InChI=1S/C18H36N2O2/c1-6-14(7-2)12-16(15-8-10-19-11-9-15)13-20-17(21)22-18(3,4)5/h14-16,19H,6-13H2,1-5H3,(H,20,21)/t16-/m0/s1. The summed E-state index contributed by atoms with van der Waals surface area (Å²) in [5, 5.41) is 6.44. The maximum Gasteiger partial charge on any atom is 0.407 e. The van der Waals surface area contributed by atoms with E-state index in [0.717, 1.165) is 31.5 Å². The van der Waals surface area contributed by atoms with Gasteiger partial charge < -0.3 is 15.4 Å². The van der Waals surface area contributed by atoms with Crippen molar-refractivity contribution in [3.05, 3.63) is 0 Å². The number of rotatable bonds is 7. The van der Waals surface area contributed by atoms with E-state index in [1.807, 2.05) is 20.8 Å². The molecule has 0 spiro atoms. The molecule has 2 N–H and O–H groups in total. The minimum atomic E-state index is -0.427. The third-order valence-corrected chi connectivity index (χ3v) is 4.75. The van der Waals surface area contributed by atoms with Gasteiger partial charge in [0.05, 0.1) is 0 Å². The van der Waals surface area contributed by atoms with Crippen molar-refractivity contribution < 1.29 is 9.53 Å². The first kappa shape index (κ1) is 19.3. The Morgan fingerprint density at radius 2 is 1.82 bits per heavy atom. The van der Waals surface area contributed by atoms with Gasteiger partial charge in [0.25, 0.3) is 0 Å². The van der Waals surface area contributed by atoms with Crippen molar-refractivity contribution >= 4 is 6.09 Å². The summed E-state index contributed by atoms with van der Waals surface area (Å²) < 4.78 is 5.37. The van der Waals surface area contributed by atoms with Crippen molar-refractivity contribution in [1.29, 1.82) is 0 Å². The van der Waals surface area contributed by atoms with Crippen LogP contribution in [0, 0.1) is 17.8 Å². The Hall–Kier alpha value is -0.770. The number of amides is 1. The van der Waals surface area contributed by atoms with E-state index in [2.05, 4.69) is 24.5 Å². The van der Waals surface area contributed by atoms with Crippen molar-refractivity contribution in [3.8, 4) is 0 Å². The normalized spacial score (nSPS) is 18.3. The smallest absolute Gasteiger partial charge is 0.407 e. The Balaban J connectivity index is 2.55. The predicted molar refractivity (Wildman–Crippen MR) is 92.0 cm³/mol. The van der Waals surface area contributed by atoms with Gasteiger partial charge in [-0.1, -0.05) is 26.7 Å². The van der Waals surface area contributed by atoms with Crippen LogP contribution in [-0.4, -0.2) is 31.3 Å². The van der Waals surface area contributed by atoms with Gasteiger partial charge in [0.2, 0.25) is 0 Å². The summed E-state index contributed by atoms with van der Waals surface area (Å²) in [7, 11) is 0. The van der Waals surface area contributed by atoms with E-state index >= 15 is 0 Å². The summed E-state index contributed by atoms with van der Waals surface area (Å²) in [6.45, 7) is 13.2. The molecule has 1 aliphatic heterocycles. The van der Waals surface area contributed by atoms with Gasteiger partial charge in [-0.3, -0.25) is 0 Å². The second-order valence-corrected chi connectivity index (χ2v) is 7.65. The molecule has 1 rings (SSSR count). The third kappa shape index (κ3) is 7.48. The molecule has 4 heteroatoms. The molecule has 0 saturated carbocycles. The zero-order valence-corrected chi connectivity index (χ0v) is 15.2. The zero-order valence-electron chi connectivity index (χ0n) is 15.2. The Morgan fingerprint density at radius 3 is 2.32 bits per heavy atom. The van der Waals surface area contributed by atoms with E-state index in [1.165, 1.54) is 32.1 Å². The molecule has 22 heavy (non-hydrogen) atoms. The molecule has 0 unspecified atom stereocenters. The van der Waals surface area contributed by atoms with Crippen molar-refractivity contribution in [2.24, 2.45) is 17.8 Å². The van der Waals surface area contributed by atoms with Gasteiger partial charge in [-0.15, -0.1) is 0 Å². The van der Waals surface area contributed by atoms with Crippen LogP contribution >= 0.6 is 0 Å². The highest BCUT2D eigenvalue weighted by atomic mass is 16.6. The lowest BCUT2D eigenvalue weighted by Gasteiger charge is -2.33. The van der Waals surface area contributed by atoms with Gasteiger partial charge in [-0.05, 0) is 70.9 Å². The van der Waals surface area contributed by atoms with Gasteiger partial charge in [-0.25, -0.2) is 4.79 Å². The number of hydrogen-bond donors (Lipinski definition) is 2. The van der Waals surface area contributed by atoms with Crippen LogP contribution in [0.4, 0.5) is 4.79 Å². The SMILES string of the molecule is CCC(CC)C[C@@H](CNC(=O)OC(C)(C)C)C1CCNCC1. The summed E-state index contributed by atoms with van der Waals surface area (Å²) in [6.07, 6.45) is 5.83. The first-order valence-electron chi connectivity index (χ1n) is 9.03. The fourth-order valence-corrected chi connectivity index (χ4v) is 3.34. The highest BCUT2D eigenvalue weighted by Gasteiger charge is 2.26. The lowest BCUT2D eigenvalue weighted by molar-refractivity contribution is 0.0505. The highest BCUT2D eigenvalue weighted by molar-refractivity contribution is 5.67. The van der Waals surface area contributed by atoms with Gasteiger partial charge in [-0.2, -0.15) is 0 Å². The van der Waals surface area contributed by atoms with Crippen LogP contribution in [0.25, 0.3) is 0 Å². The minimum absolute atomic E-state index is 0.281. The first-order chi connectivity index (χ1) is 10.4. The molecule has 1 fully saturated rings. The summed E-state index contributed by atoms with van der Waals surface area (Å²) in [5.74, 6) is 2.05. The van der Waals surface area contributed by atoms with Gasteiger partial charge >= 0.3 is 6.09 Å². The monoisotopic (exact) mass is 312 g/mol. The molecule has 0 bridgehead atoms. The molecule has 130 valence electrons. The van der Waals surface area contributed by atoms with Gasteiger partial charge in [0.15, 0.2) is 0 Å². The summed E-state index contributed by atoms with van der Waals surface area (Å²) in [5.41, 5.74) is -0.427. The van der Waals surface area contributed by atoms with Crippen LogP contribution in [0.3, 0.4) is 0 Å². The van der Waals surface area contributed by atoms with Crippen molar-refractivity contribution in [2.75, 3.05) is 19.6 Å². The molecule has 1 saturated heterocycles. The van der Waals surface area contributed by atoms with Crippen LogP contribution in [0.1, 0.15) is 66.7 Å². The van der Waals surface area contributed by atoms with Crippen molar-refractivity contribution in [3.63, 3.8) is 0 Å². The minimum Gasteiger partial charge on any atom is -0.444 e. The van der Waals surface area contributed by atoms with E-state index in [1.54, 1.807) is 0 Å². The Bertz CT molecular complexity index is 316. The number of carbonyl (C=O) groups excluding carboxylic acids is 1. The molecule has 1 amide bonds. The van der Waals surface area contributed by atoms with Crippen LogP contribution in [-0.2, 0) is 4.74 Å².